The molecule has 10 nitrogen and oxygen atoms in total. The van der Waals surface area contributed by atoms with Crippen molar-refractivity contribution in [3.63, 3.8) is 0 Å². The zero-order valence-corrected chi connectivity index (χ0v) is 44.5. The number of ketones is 4. The smallest absolute Gasteiger partial charge is 0.411 e. The summed E-state index contributed by atoms with van der Waals surface area (Å²) in [5, 5.41) is 22.9. The summed E-state index contributed by atoms with van der Waals surface area (Å²) in [6, 6.07) is 39.2. The second-order valence-corrected chi connectivity index (χ2v) is 20.8. The van der Waals surface area contributed by atoms with E-state index in [1.54, 1.807) is 74.5 Å². The van der Waals surface area contributed by atoms with Gasteiger partial charge in [0, 0.05) is 33.0 Å². The Bertz CT molecular complexity index is 4280. The van der Waals surface area contributed by atoms with Gasteiger partial charge in [-0.1, -0.05) is 109 Å². The molecule has 2 amide bonds. The van der Waals surface area contributed by atoms with Crippen molar-refractivity contribution in [2.45, 2.75) is 64.7 Å². The number of alkyl halides is 6. The van der Waals surface area contributed by atoms with Crippen molar-refractivity contribution in [3.8, 4) is 39.7 Å². The minimum atomic E-state index is -6.11. The molecular formula is C66H46F6N2O8. The molecule has 9 aromatic rings. The topological polar surface area (TPSA) is 151 Å². The molecule has 0 saturated carbocycles. The van der Waals surface area contributed by atoms with Crippen LogP contribution in [0.15, 0.2) is 158 Å². The average Bonchev–Trinajstić information content (AvgIpc) is 1.55. The fraction of sp³-hybridized carbons (Fsp3) is 0.152. The summed E-state index contributed by atoms with van der Waals surface area (Å²) in [7, 11) is 0. The number of benzene rings is 8. The van der Waals surface area contributed by atoms with Crippen LogP contribution in [0.1, 0.15) is 134 Å². The zero-order valence-electron chi connectivity index (χ0n) is 44.5. The van der Waals surface area contributed by atoms with Gasteiger partial charge in [-0.2, -0.15) is 26.3 Å². The Morgan fingerprint density at radius 1 is 0.439 bits per heavy atom. The van der Waals surface area contributed by atoms with Gasteiger partial charge < -0.3 is 10.2 Å². The summed E-state index contributed by atoms with van der Waals surface area (Å²) in [6.45, 7) is 8.10. The molecule has 82 heavy (non-hydrogen) atoms. The van der Waals surface area contributed by atoms with Crippen LogP contribution >= 0.6 is 0 Å². The van der Waals surface area contributed by atoms with E-state index in [1.807, 2.05) is 60.7 Å². The second kappa shape index (κ2) is 19.0. The van der Waals surface area contributed by atoms with E-state index in [9.17, 15) is 39.0 Å². The van der Waals surface area contributed by atoms with Crippen molar-refractivity contribution in [2.24, 2.45) is 0 Å². The van der Waals surface area contributed by atoms with Crippen molar-refractivity contribution in [3.05, 3.63) is 236 Å². The van der Waals surface area contributed by atoms with E-state index in [-0.39, 0.29) is 50.5 Å². The third-order valence-electron chi connectivity index (χ3n) is 16.1. The SMILES string of the molecule is CC(=O)c1ccc(-c2ccc3c(c2)C(=O)N(c2ccc(C4(c5ccc(-n6c(O)c7ccc(C(c8ccc(C(C)=O)c(C(C)=O)c8)(C(F)(F)F)C(F)(F)F)cc7c6O)c(C)c5)c5ccccc5-c5ccccc54)cc2C)C3=O)cc1C(C)=O. The Labute approximate surface area is 464 Å². The summed E-state index contributed by atoms with van der Waals surface area (Å²) in [5.74, 6) is -5.00. The number of amides is 2. The molecule has 8 aromatic carbocycles. The Morgan fingerprint density at radius 3 is 1.43 bits per heavy atom. The number of aromatic nitrogens is 1. The molecule has 1 aromatic heterocycles. The number of anilines is 1. The van der Waals surface area contributed by atoms with E-state index in [0.717, 1.165) is 57.7 Å². The second-order valence-electron chi connectivity index (χ2n) is 20.8. The summed E-state index contributed by atoms with van der Waals surface area (Å²) < 4.78 is 94.0. The Hall–Kier alpha value is -9.70. The molecule has 0 unspecified atom stereocenters. The minimum absolute atomic E-state index is 0.114. The highest BCUT2D eigenvalue weighted by Crippen LogP contribution is 2.59. The standard InChI is InChI=1S/C66H46F6N2O8/c1-33-27-41(19-25-57(33)73-59(79)49-22-16-40(30-53(49)61(73)81)39-15-21-45(35(3)75)51(29-39)37(5)77)63(55-13-9-7-11-47(55)48-12-8-10-14-56(48)63)42-20-26-58(34(2)28-42)74-60(80)50-24-18-44(32-54(50)62(74)82)64(65(67,68)69,66(70,71)72)43-17-23-46(36(4)76)52(31-43)38(6)78/h7-32,80,82H,1-6H3. The van der Waals surface area contributed by atoms with Gasteiger partial charge in [0.15, 0.2) is 23.1 Å². The maximum atomic E-state index is 15.5. The number of fused-ring (bicyclic) bond motifs is 5. The molecule has 410 valence electrons. The number of hydrogen-bond acceptors (Lipinski definition) is 8. The van der Waals surface area contributed by atoms with Gasteiger partial charge in [-0.15, -0.1) is 0 Å². The summed E-state index contributed by atoms with van der Waals surface area (Å²) in [5.41, 5.74) is -1.57. The molecule has 1 aliphatic carbocycles. The first-order chi connectivity index (χ1) is 38.7. The molecule has 0 atom stereocenters. The fourth-order valence-corrected chi connectivity index (χ4v) is 12.3. The number of halogens is 6. The zero-order chi connectivity index (χ0) is 58.9. The third kappa shape index (κ3) is 7.78. The lowest BCUT2D eigenvalue weighted by Crippen LogP contribution is -2.54. The van der Waals surface area contributed by atoms with Gasteiger partial charge >= 0.3 is 12.4 Å². The van der Waals surface area contributed by atoms with Crippen LogP contribution in [0.25, 0.3) is 38.7 Å². The number of Topliss-reactive ketones (excluding diaryl/α,β-unsaturated/α-hetero) is 4. The van der Waals surface area contributed by atoms with Crippen molar-refractivity contribution in [2.75, 3.05) is 4.90 Å². The highest BCUT2D eigenvalue weighted by Gasteiger charge is 2.72. The number of carbonyl (C=O) groups is 6. The number of carbonyl (C=O) groups excluding carboxylic acids is 6. The molecule has 1 aliphatic heterocycles. The van der Waals surface area contributed by atoms with Crippen LogP contribution in [0.5, 0.6) is 11.8 Å². The minimum Gasteiger partial charge on any atom is -0.494 e. The Balaban J connectivity index is 1.02. The lowest BCUT2D eigenvalue weighted by atomic mass is 9.67. The van der Waals surface area contributed by atoms with Gasteiger partial charge in [0.1, 0.15) is 0 Å². The van der Waals surface area contributed by atoms with E-state index >= 15 is 26.3 Å². The van der Waals surface area contributed by atoms with E-state index in [4.69, 9.17) is 0 Å². The number of aromatic hydroxyl groups is 2. The Kier molecular flexibility index (Phi) is 12.6. The third-order valence-corrected chi connectivity index (χ3v) is 16.1. The highest BCUT2D eigenvalue weighted by molar-refractivity contribution is 6.35. The highest BCUT2D eigenvalue weighted by atomic mass is 19.4. The molecule has 0 bridgehead atoms. The predicted molar refractivity (Wildman–Crippen MR) is 296 cm³/mol. The van der Waals surface area contributed by atoms with E-state index in [0.29, 0.717) is 63.3 Å². The summed E-state index contributed by atoms with van der Waals surface area (Å²) >= 11 is 0. The van der Waals surface area contributed by atoms with Gasteiger partial charge in [-0.05, 0) is 157 Å². The molecule has 16 heteroatoms. The number of imide groups is 1. The molecule has 0 fully saturated rings. The molecule has 2 N–H and O–H groups in total. The van der Waals surface area contributed by atoms with Gasteiger partial charge in [-0.25, -0.2) is 4.90 Å². The van der Waals surface area contributed by atoms with Crippen molar-refractivity contribution < 1.29 is 65.3 Å². The van der Waals surface area contributed by atoms with E-state index in [1.165, 1.54) is 13.8 Å². The summed E-state index contributed by atoms with van der Waals surface area (Å²) in [6.07, 6.45) is -12.2. The largest absolute Gasteiger partial charge is 0.494 e. The first-order valence-corrected chi connectivity index (χ1v) is 25.7. The van der Waals surface area contributed by atoms with Crippen molar-refractivity contribution >= 4 is 51.4 Å². The fourth-order valence-electron chi connectivity index (χ4n) is 12.3. The van der Waals surface area contributed by atoms with Gasteiger partial charge in [-0.3, -0.25) is 33.3 Å². The quantitative estimate of drug-likeness (QED) is 0.0738. The average molecular weight is 1110 g/mol. The number of hydrogen-bond donors (Lipinski definition) is 2. The first kappa shape index (κ1) is 54.3. The van der Waals surface area contributed by atoms with Crippen LogP contribution in [-0.4, -0.2) is 62.1 Å². The van der Waals surface area contributed by atoms with Crippen LogP contribution in [-0.2, 0) is 10.8 Å². The molecule has 0 saturated heterocycles. The molecule has 2 aliphatic rings. The molecular weight excluding hydrogens is 1060 g/mol. The van der Waals surface area contributed by atoms with Crippen LogP contribution < -0.4 is 4.90 Å². The molecule has 2 heterocycles. The number of aryl methyl sites for hydroxylation is 2. The molecule has 0 spiro atoms. The molecule has 0 radical (unpaired) electrons. The van der Waals surface area contributed by atoms with Gasteiger partial charge in [0.05, 0.1) is 27.9 Å². The van der Waals surface area contributed by atoms with Crippen molar-refractivity contribution in [1.29, 1.82) is 0 Å². The lowest BCUT2D eigenvalue weighted by Gasteiger charge is -2.38. The normalized spacial score (nSPS) is 13.8. The number of rotatable bonds is 11. The van der Waals surface area contributed by atoms with Gasteiger partial charge in [0.2, 0.25) is 17.2 Å². The van der Waals surface area contributed by atoms with E-state index < -0.39 is 80.4 Å². The maximum absolute atomic E-state index is 15.5. The van der Waals surface area contributed by atoms with Crippen LogP contribution in [0, 0.1) is 13.8 Å². The molecule has 11 rings (SSSR count). The lowest BCUT2D eigenvalue weighted by molar-refractivity contribution is -0.288. The van der Waals surface area contributed by atoms with Gasteiger partial charge in [0.25, 0.3) is 11.8 Å². The van der Waals surface area contributed by atoms with Crippen LogP contribution in [0.3, 0.4) is 0 Å². The monoisotopic (exact) mass is 1110 g/mol. The predicted octanol–water partition coefficient (Wildman–Crippen LogP) is 14.7. The number of nitrogens with zero attached hydrogens (tertiary/aromatic N) is 2. The van der Waals surface area contributed by atoms with Crippen LogP contribution in [0.4, 0.5) is 32.0 Å². The van der Waals surface area contributed by atoms with E-state index in [2.05, 4.69) is 0 Å². The Morgan fingerprint density at radius 2 is 0.890 bits per heavy atom. The summed E-state index contributed by atoms with van der Waals surface area (Å²) in [4.78, 5) is 79.5. The maximum Gasteiger partial charge on any atom is 0.411 e. The van der Waals surface area contributed by atoms with Crippen molar-refractivity contribution in [1.82, 2.24) is 4.57 Å². The first-order valence-electron chi connectivity index (χ1n) is 25.7. The van der Waals surface area contributed by atoms with Crippen LogP contribution in [0.2, 0.25) is 0 Å².